The van der Waals surface area contributed by atoms with Crippen molar-refractivity contribution in [1.82, 2.24) is 5.32 Å². The Morgan fingerprint density at radius 2 is 2.18 bits per heavy atom. The number of benzene rings is 1. The van der Waals surface area contributed by atoms with Crippen LogP contribution in [0.1, 0.15) is 38.1 Å². The Balaban J connectivity index is 2.32. The van der Waals surface area contributed by atoms with Crippen LogP contribution >= 0.6 is 0 Å². The van der Waals surface area contributed by atoms with Crippen molar-refractivity contribution in [2.45, 2.75) is 39.3 Å². The highest BCUT2D eigenvalue weighted by Gasteiger charge is 2.32. The Hall–Kier alpha value is -2.08. The van der Waals surface area contributed by atoms with Crippen LogP contribution in [-0.2, 0) is 4.79 Å². The minimum Gasteiger partial charge on any atom is -0.478 e. The maximum Gasteiger partial charge on any atom is 0.265 e. The van der Waals surface area contributed by atoms with Gasteiger partial charge in [-0.25, -0.2) is 0 Å². The zero-order chi connectivity index (χ0) is 16.5. The van der Waals surface area contributed by atoms with E-state index in [2.05, 4.69) is 10.6 Å². The lowest BCUT2D eigenvalue weighted by Gasteiger charge is -2.34. The molecule has 0 radical (unpaired) electrons. The molecule has 2 unspecified atom stereocenters. The molecule has 0 saturated heterocycles. The van der Waals surface area contributed by atoms with E-state index >= 15 is 0 Å². The minimum absolute atomic E-state index is 0.181. The lowest BCUT2D eigenvalue weighted by Crippen LogP contribution is -2.55. The van der Waals surface area contributed by atoms with E-state index < -0.39 is 11.6 Å². The SMILES string of the molecule is CC1Oc2c(cccc2C(=O)NC(C)(CN)C(C)C)NC1=O. The third kappa shape index (κ3) is 2.92. The zero-order valence-corrected chi connectivity index (χ0v) is 13.4. The second-order valence-electron chi connectivity index (χ2n) is 6.16. The first-order valence-corrected chi connectivity index (χ1v) is 7.41. The average Bonchev–Trinajstić information content (AvgIpc) is 2.47. The maximum absolute atomic E-state index is 12.6. The van der Waals surface area contributed by atoms with Crippen LogP contribution in [0.5, 0.6) is 5.75 Å². The van der Waals surface area contributed by atoms with E-state index in [4.69, 9.17) is 10.5 Å². The summed E-state index contributed by atoms with van der Waals surface area (Å²) in [4.78, 5) is 24.3. The molecule has 0 aliphatic carbocycles. The number of rotatable bonds is 4. The van der Waals surface area contributed by atoms with Crippen LogP contribution in [0.2, 0.25) is 0 Å². The van der Waals surface area contributed by atoms with Crippen molar-refractivity contribution >= 4 is 17.5 Å². The molecule has 1 aromatic carbocycles. The van der Waals surface area contributed by atoms with Crippen LogP contribution < -0.4 is 21.1 Å². The van der Waals surface area contributed by atoms with E-state index in [9.17, 15) is 9.59 Å². The smallest absolute Gasteiger partial charge is 0.265 e. The highest BCUT2D eigenvalue weighted by Crippen LogP contribution is 2.33. The van der Waals surface area contributed by atoms with E-state index in [1.807, 2.05) is 20.8 Å². The molecule has 0 spiro atoms. The molecular formula is C16H23N3O3. The molecule has 1 aromatic rings. The number of nitrogens with two attached hydrogens (primary N) is 1. The Kier molecular flexibility index (Phi) is 4.42. The first kappa shape index (κ1) is 16.3. The number of carbonyl (C=O) groups excluding carboxylic acids is 2. The minimum atomic E-state index is -0.632. The highest BCUT2D eigenvalue weighted by molar-refractivity contribution is 6.04. The molecule has 0 saturated carbocycles. The lowest BCUT2D eigenvalue weighted by atomic mass is 9.88. The summed E-state index contributed by atoms with van der Waals surface area (Å²) < 4.78 is 5.60. The molecule has 6 nitrogen and oxygen atoms in total. The predicted octanol–water partition coefficient (Wildman–Crippen LogP) is 1.51. The van der Waals surface area contributed by atoms with Gasteiger partial charge in [-0.3, -0.25) is 9.59 Å². The van der Waals surface area contributed by atoms with Crippen LogP contribution in [0.3, 0.4) is 0 Å². The molecule has 0 fully saturated rings. The summed E-state index contributed by atoms with van der Waals surface area (Å²) in [7, 11) is 0. The van der Waals surface area contributed by atoms with Crippen LogP contribution in [0.4, 0.5) is 5.69 Å². The molecule has 2 atom stereocenters. The fourth-order valence-corrected chi connectivity index (χ4v) is 2.16. The van der Waals surface area contributed by atoms with Crippen LogP contribution in [0.25, 0.3) is 0 Å². The number of amides is 2. The van der Waals surface area contributed by atoms with Crippen LogP contribution in [0.15, 0.2) is 18.2 Å². The highest BCUT2D eigenvalue weighted by atomic mass is 16.5. The first-order chi connectivity index (χ1) is 10.3. The van der Waals surface area contributed by atoms with Crippen molar-refractivity contribution in [3.8, 4) is 5.75 Å². The maximum atomic E-state index is 12.6. The van der Waals surface area contributed by atoms with Crippen molar-refractivity contribution < 1.29 is 14.3 Å². The molecule has 6 heteroatoms. The van der Waals surface area contributed by atoms with Gasteiger partial charge in [-0.05, 0) is 31.9 Å². The monoisotopic (exact) mass is 305 g/mol. The van der Waals surface area contributed by atoms with Gasteiger partial charge in [-0.15, -0.1) is 0 Å². The van der Waals surface area contributed by atoms with Gasteiger partial charge >= 0.3 is 0 Å². The van der Waals surface area contributed by atoms with Gasteiger partial charge < -0.3 is 21.1 Å². The Morgan fingerprint density at radius 1 is 1.50 bits per heavy atom. The molecule has 4 N–H and O–H groups in total. The van der Waals surface area contributed by atoms with Gasteiger partial charge in [0.1, 0.15) is 0 Å². The second kappa shape index (κ2) is 5.96. The van der Waals surface area contributed by atoms with E-state index in [1.165, 1.54) is 0 Å². The second-order valence-corrected chi connectivity index (χ2v) is 6.16. The van der Waals surface area contributed by atoms with Crippen molar-refractivity contribution in [2.75, 3.05) is 11.9 Å². The number of hydrogen-bond donors (Lipinski definition) is 3. The standard InChI is InChI=1S/C16H23N3O3/c1-9(2)16(4,8-17)19-15(21)11-6-5-7-12-13(11)22-10(3)14(20)18-12/h5-7,9-10H,8,17H2,1-4H3,(H,18,20)(H,19,21). The Labute approximate surface area is 130 Å². The summed E-state index contributed by atoms with van der Waals surface area (Å²) in [6.45, 7) is 7.90. The lowest BCUT2D eigenvalue weighted by molar-refractivity contribution is -0.122. The summed E-state index contributed by atoms with van der Waals surface area (Å²) >= 11 is 0. The number of para-hydroxylation sites is 1. The van der Waals surface area contributed by atoms with Crippen molar-refractivity contribution in [3.63, 3.8) is 0 Å². The fraction of sp³-hybridized carbons (Fsp3) is 0.500. The summed E-state index contributed by atoms with van der Waals surface area (Å²) in [6.07, 6.45) is -0.632. The Bertz CT molecular complexity index is 600. The topological polar surface area (TPSA) is 93.4 Å². The molecule has 2 rings (SSSR count). The zero-order valence-electron chi connectivity index (χ0n) is 13.4. The quantitative estimate of drug-likeness (QED) is 0.786. The normalized spacial score (nSPS) is 19.7. The summed E-state index contributed by atoms with van der Waals surface area (Å²) in [6, 6.07) is 5.10. The molecule has 22 heavy (non-hydrogen) atoms. The molecule has 1 heterocycles. The number of nitrogens with one attached hydrogen (secondary N) is 2. The van der Waals surface area contributed by atoms with E-state index in [-0.39, 0.29) is 17.7 Å². The first-order valence-electron chi connectivity index (χ1n) is 7.41. The van der Waals surface area contributed by atoms with Gasteiger partial charge in [0.25, 0.3) is 11.8 Å². The van der Waals surface area contributed by atoms with Crippen molar-refractivity contribution in [2.24, 2.45) is 11.7 Å². The predicted molar refractivity (Wildman–Crippen MR) is 84.9 cm³/mol. The largest absolute Gasteiger partial charge is 0.478 e. The number of fused-ring (bicyclic) bond motifs is 1. The van der Waals surface area contributed by atoms with E-state index in [0.29, 0.717) is 23.5 Å². The fourth-order valence-electron chi connectivity index (χ4n) is 2.16. The third-order valence-corrected chi connectivity index (χ3v) is 4.28. The average molecular weight is 305 g/mol. The van der Waals surface area contributed by atoms with Gasteiger partial charge in [-0.1, -0.05) is 19.9 Å². The summed E-state index contributed by atoms with van der Waals surface area (Å²) in [5.74, 6) is 0.0941. The number of anilines is 1. The molecule has 1 aliphatic rings. The summed E-state index contributed by atoms with van der Waals surface area (Å²) in [5, 5.41) is 5.71. The van der Waals surface area contributed by atoms with Crippen molar-refractivity contribution in [1.29, 1.82) is 0 Å². The third-order valence-electron chi connectivity index (χ3n) is 4.28. The van der Waals surface area contributed by atoms with E-state index in [0.717, 1.165) is 0 Å². The van der Waals surface area contributed by atoms with E-state index in [1.54, 1.807) is 25.1 Å². The van der Waals surface area contributed by atoms with Gasteiger partial charge in [0.15, 0.2) is 11.9 Å². The molecule has 0 bridgehead atoms. The number of ether oxygens (including phenoxy) is 1. The van der Waals surface area contributed by atoms with Crippen LogP contribution in [-0.4, -0.2) is 30.0 Å². The van der Waals surface area contributed by atoms with Gasteiger partial charge in [0, 0.05) is 6.54 Å². The molecule has 0 aromatic heterocycles. The molecule has 2 amide bonds. The van der Waals surface area contributed by atoms with Gasteiger partial charge in [-0.2, -0.15) is 0 Å². The van der Waals surface area contributed by atoms with Gasteiger partial charge in [0.05, 0.1) is 16.8 Å². The molecule has 120 valence electrons. The summed E-state index contributed by atoms with van der Waals surface area (Å²) in [5.41, 5.74) is 6.20. The van der Waals surface area contributed by atoms with Crippen LogP contribution in [0, 0.1) is 5.92 Å². The number of carbonyl (C=O) groups is 2. The number of hydrogen-bond acceptors (Lipinski definition) is 4. The molecule has 1 aliphatic heterocycles. The van der Waals surface area contributed by atoms with Gasteiger partial charge in [0.2, 0.25) is 0 Å². The molecular weight excluding hydrogens is 282 g/mol. The Morgan fingerprint density at radius 3 is 2.77 bits per heavy atom. The van der Waals surface area contributed by atoms with Crippen molar-refractivity contribution in [3.05, 3.63) is 23.8 Å².